The number of unbranched alkanes of at least 4 members (excludes halogenated alkanes) is 5. The molecule has 0 aromatic heterocycles. The van der Waals surface area contributed by atoms with Gasteiger partial charge in [-0.1, -0.05) is 69.0 Å². The van der Waals surface area contributed by atoms with Crippen LogP contribution in [0.4, 0.5) is 0 Å². The molecular weight excluding hydrogens is 256 g/mol. The van der Waals surface area contributed by atoms with Crippen LogP contribution in [0.3, 0.4) is 0 Å². The maximum atomic E-state index is 11.6. The molecule has 0 bridgehead atoms. The molecule has 1 aromatic carbocycles. The van der Waals surface area contributed by atoms with Crippen LogP contribution in [0.2, 0.25) is 0 Å². The molecule has 0 atom stereocenters. The molecule has 0 fully saturated rings. The molecule has 0 aliphatic carbocycles. The first-order chi connectivity index (χ1) is 9.33. The summed E-state index contributed by atoms with van der Waals surface area (Å²) in [5.74, 6) is 1.68. The van der Waals surface area contributed by atoms with Crippen molar-refractivity contribution in [3.05, 3.63) is 30.3 Å². The summed E-state index contributed by atoms with van der Waals surface area (Å²) >= 11 is 1.40. The maximum absolute atomic E-state index is 11.6. The van der Waals surface area contributed by atoms with Crippen LogP contribution in [-0.4, -0.2) is 17.5 Å². The first kappa shape index (κ1) is 16.1. The molecule has 1 rings (SSSR count). The van der Waals surface area contributed by atoms with Crippen LogP contribution in [0.5, 0.6) is 5.75 Å². The number of carbonyl (C=O) groups excluding carboxylic acids is 1. The van der Waals surface area contributed by atoms with Crippen LogP contribution >= 0.6 is 11.8 Å². The fraction of sp³-hybridized carbons (Fsp3) is 0.562. The second kappa shape index (κ2) is 10.9. The van der Waals surface area contributed by atoms with Gasteiger partial charge in [0.1, 0.15) is 5.75 Å². The molecule has 106 valence electrons. The summed E-state index contributed by atoms with van der Waals surface area (Å²) in [6, 6.07) is 9.48. The Morgan fingerprint density at radius 2 is 1.74 bits per heavy atom. The number of para-hydroxylation sites is 1. The molecule has 0 aliphatic rings. The number of hydrogen-bond donors (Lipinski definition) is 0. The van der Waals surface area contributed by atoms with E-state index in [1.54, 1.807) is 0 Å². The van der Waals surface area contributed by atoms with E-state index in [0.717, 1.165) is 17.9 Å². The summed E-state index contributed by atoms with van der Waals surface area (Å²) in [5, 5.41) is 0.123. The predicted octanol–water partition coefficient (Wildman–Crippen LogP) is 4.69. The van der Waals surface area contributed by atoms with Gasteiger partial charge < -0.3 is 4.74 Å². The molecule has 0 N–H and O–H groups in total. The minimum absolute atomic E-state index is 0.123. The standard InChI is InChI=1S/C16H24O2S/c1-2-3-4-5-6-10-13-19-16(17)14-18-15-11-8-7-9-12-15/h7-9,11-12H,2-6,10,13-14H2,1H3. The lowest BCUT2D eigenvalue weighted by atomic mass is 10.1. The minimum Gasteiger partial charge on any atom is -0.485 e. The third-order valence-electron chi connectivity index (χ3n) is 2.86. The van der Waals surface area contributed by atoms with Gasteiger partial charge in [-0.2, -0.15) is 0 Å². The summed E-state index contributed by atoms with van der Waals surface area (Å²) < 4.78 is 5.41. The van der Waals surface area contributed by atoms with Crippen molar-refractivity contribution in [2.24, 2.45) is 0 Å². The second-order valence-corrected chi connectivity index (χ2v) is 5.74. The van der Waals surface area contributed by atoms with Crippen molar-refractivity contribution < 1.29 is 9.53 Å². The zero-order valence-electron chi connectivity index (χ0n) is 11.8. The molecule has 2 nitrogen and oxygen atoms in total. The fourth-order valence-electron chi connectivity index (χ4n) is 1.77. The SMILES string of the molecule is CCCCCCCCSC(=O)COc1ccccc1. The van der Waals surface area contributed by atoms with Gasteiger partial charge in [-0.05, 0) is 18.6 Å². The molecule has 0 spiro atoms. The maximum Gasteiger partial charge on any atom is 0.226 e. The first-order valence-electron chi connectivity index (χ1n) is 7.16. The van der Waals surface area contributed by atoms with E-state index in [9.17, 15) is 4.79 Å². The third kappa shape index (κ3) is 8.71. The zero-order chi connectivity index (χ0) is 13.8. The van der Waals surface area contributed by atoms with Gasteiger partial charge in [-0.15, -0.1) is 0 Å². The van der Waals surface area contributed by atoms with Crippen LogP contribution < -0.4 is 4.74 Å². The normalized spacial score (nSPS) is 10.4. The number of rotatable bonds is 10. The van der Waals surface area contributed by atoms with Gasteiger partial charge in [0.05, 0.1) is 0 Å². The van der Waals surface area contributed by atoms with Gasteiger partial charge in [0.15, 0.2) is 6.61 Å². The van der Waals surface area contributed by atoms with Crippen molar-refractivity contribution in [2.45, 2.75) is 45.4 Å². The lowest BCUT2D eigenvalue weighted by molar-refractivity contribution is -0.112. The van der Waals surface area contributed by atoms with Crippen LogP contribution in [0.25, 0.3) is 0 Å². The van der Waals surface area contributed by atoms with Gasteiger partial charge in [0.25, 0.3) is 0 Å². The molecule has 0 aliphatic heterocycles. The van der Waals surface area contributed by atoms with Crippen LogP contribution in [0.1, 0.15) is 45.4 Å². The molecule has 0 heterocycles. The molecule has 19 heavy (non-hydrogen) atoms. The van der Waals surface area contributed by atoms with Crippen LogP contribution in [0, 0.1) is 0 Å². The van der Waals surface area contributed by atoms with Crippen molar-refractivity contribution in [1.82, 2.24) is 0 Å². The van der Waals surface area contributed by atoms with Crippen LogP contribution in [-0.2, 0) is 4.79 Å². The van der Waals surface area contributed by atoms with Gasteiger partial charge in [0, 0.05) is 5.75 Å². The highest BCUT2D eigenvalue weighted by molar-refractivity contribution is 8.13. The van der Waals surface area contributed by atoms with E-state index in [1.807, 2.05) is 30.3 Å². The fourth-order valence-corrected chi connectivity index (χ4v) is 2.49. The van der Waals surface area contributed by atoms with Crippen molar-refractivity contribution in [3.8, 4) is 5.75 Å². The Balaban J connectivity index is 1.96. The molecule has 3 heteroatoms. The van der Waals surface area contributed by atoms with E-state index < -0.39 is 0 Å². The molecule has 0 radical (unpaired) electrons. The molecule has 0 unspecified atom stereocenters. The number of benzene rings is 1. The molecular formula is C16H24O2S. The lowest BCUT2D eigenvalue weighted by Gasteiger charge is -2.04. The molecule has 0 saturated carbocycles. The monoisotopic (exact) mass is 280 g/mol. The van der Waals surface area contributed by atoms with Gasteiger partial charge in [0.2, 0.25) is 5.12 Å². The smallest absolute Gasteiger partial charge is 0.226 e. The Morgan fingerprint density at radius 3 is 2.47 bits per heavy atom. The minimum atomic E-state index is 0.123. The largest absolute Gasteiger partial charge is 0.485 e. The topological polar surface area (TPSA) is 26.3 Å². The van der Waals surface area contributed by atoms with Crippen molar-refractivity contribution in [3.63, 3.8) is 0 Å². The van der Waals surface area contributed by atoms with E-state index in [2.05, 4.69) is 6.92 Å². The Morgan fingerprint density at radius 1 is 1.05 bits per heavy atom. The van der Waals surface area contributed by atoms with E-state index in [-0.39, 0.29) is 11.7 Å². The Bertz CT molecular complexity index is 338. The average Bonchev–Trinajstić information content (AvgIpc) is 2.45. The van der Waals surface area contributed by atoms with E-state index >= 15 is 0 Å². The number of thioether (sulfide) groups is 1. The summed E-state index contributed by atoms with van der Waals surface area (Å²) in [4.78, 5) is 11.6. The average molecular weight is 280 g/mol. The summed E-state index contributed by atoms with van der Waals surface area (Å²) in [7, 11) is 0. The Labute approximate surface area is 120 Å². The third-order valence-corrected chi connectivity index (χ3v) is 3.79. The van der Waals surface area contributed by atoms with Crippen molar-refractivity contribution >= 4 is 16.9 Å². The van der Waals surface area contributed by atoms with E-state index in [4.69, 9.17) is 4.74 Å². The van der Waals surface area contributed by atoms with Gasteiger partial charge >= 0.3 is 0 Å². The van der Waals surface area contributed by atoms with E-state index in [1.165, 1.54) is 43.9 Å². The number of carbonyl (C=O) groups is 1. The highest BCUT2D eigenvalue weighted by atomic mass is 32.2. The predicted molar refractivity (Wildman–Crippen MR) is 82.8 cm³/mol. The van der Waals surface area contributed by atoms with Gasteiger partial charge in [-0.25, -0.2) is 0 Å². The summed E-state index contributed by atoms with van der Waals surface area (Å²) in [6.07, 6.45) is 7.60. The Kier molecular flexibility index (Phi) is 9.25. The summed E-state index contributed by atoms with van der Waals surface area (Å²) in [6.45, 7) is 2.39. The number of ether oxygens (including phenoxy) is 1. The highest BCUT2D eigenvalue weighted by Crippen LogP contribution is 2.12. The lowest BCUT2D eigenvalue weighted by Crippen LogP contribution is -2.07. The molecule has 0 amide bonds. The van der Waals surface area contributed by atoms with Gasteiger partial charge in [-0.3, -0.25) is 4.79 Å². The Hall–Kier alpha value is -0.960. The first-order valence-corrected chi connectivity index (χ1v) is 8.15. The summed E-state index contributed by atoms with van der Waals surface area (Å²) in [5.41, 5.74) is 0. The molecule has 0 saturated heterocycles. The number of hydrogen-bond acceptors (Lipinski definition) is 3. The molecule has 1 aromatic rings. The van der Waals surface area contributed by atoms with Crippen molar-refractivity contribution in [1.29, 1.82) is 0 Å². The second-order valence-electron chi connectivity index (χ2n) is 4.59. The van der Waals surface area contributed by atoms with Crippen LogP contribution in [0.15, 0.2) is 30.3 Å². The highest BCUT2D eigenvalue weighted by Gasteiger charge is 2.03. The van der Waals surface area contributed by atoms with Crippen molar-refractivity contribution in [2.75, 3.05) is 12.4 Å². The quantitative estimate of drug-likeness (QED) is 0.582. The van der Waals surface area contributed by atoms with E-state index in [0.29, 0.717) is 0 Å². The zero-order valence-corrected chi connectivity index (χ0v) is 12.6.